The summed E-state index contributed by atoms with van der Waals surface area (Å²) < 4.78 is 22.8. The van der Waals surface area contributed by atoms with Gasteiger partial charge in [-0.2, -0.15) is 0 Å². The summed E-state index contributed by atoms with van der Waals surface area (Å²) in [6.45, 7) is -1.08. The molecule has 0 bridgehead atoms. The van der Waals surface area contributed by atoms with Crippen LogP contribution in [-0.4, -0.2) is 97.2 Å². The van der Waals surface area contributed by atoms with Crippen molar-refractivity contribution >= 4 is 5.97 Å². The summed E-state index contributed by atoms with van der Waals surface area (Å²) in [6, 6.07) is 6.29. The lowest BCUT2D eigenvalue weighted by Crippen LogP contribution is -2.44. The van der Waals surface area contributed by atoms with E-state index in [1.165, 1.54) is 24.3 Å². The van der Waals surface area contributed by atoms with Gasteiger partial charge in [0.2, 0.25) is 0 Å². The summed E-state index contributed by atoms with van der Waals surface area (Å²) in [7, 11) is 0. The predicted octanol–water partition coefficient (Wildman–Crippen LogP) is -2.82. The van der Waals surface area contributed by atoms with Gasteiger partial charge in [0, 0.05) is 12.3 Å². The van der Waals surface area contributed by atoms with E-state index in [-0.39, 0.29) is 11.3 Å². The van der Waals surface area contributed by atoms with Crippen LogP contribution in [0.4, 0.5) is 0 Å². The Balaban J connectivity index is 1.53. The first kappa shape index (κ1) is 25.0. The minimum Gasteiger partial charge on any atom is -0.508 e. The molecule has 1 aromatic carbocycles. The quantitative estimate of drug-likeness (QED) is 0.214. The normalized spacial score (nSPS) is 32.6. The average molecular weight is 496 g/mol. The molecule has 0 saturated carbocycles. The van der Waals surface area contributed by atoms with Crippen molar-refractivity contribution in [3.05, 3.63) is 62.9 Å². The molecule has 35 heavy (non-hydrogen) atoms. The second-order valence-corrected chi connectivity index (χ2v) is 8.03. The van der Waals surface area contributed by atoms with Crippen molar-refractivity contribution in [1.82, 2.24) is 9.55 Å². The van der Waals surface area contributed by atoms with E-state index in [1.54, 1.807) is 0 Å². The van der Waals surface area contributed by atoms with E-state index in [0.29, 0.717) is 0 Å². The predicted molar refractivity (Wildman–Crippen MR) is 112 cm³/mol. The molecule has 190 valence electrons. The number of aliphatic hydroxyl groups is 4. The number of hydrogen-bond acceptors (Lipinski definition) is 12. The molecule has 0 aliphatic carbocycles. The Labute approximate surface area is 196 Å². The van der Waals surface area contributed by atoms with Crippen LogP contribution in [0.15, 0.2) is 46.1 Å². The molecule has 14 heteroatoms. The van der Waals surface area contributed by atoms with Crippen molar-refractivity contribution in [2.45, 2.75) is 49.1 Å². The highest BCUT2D eigenvalue weighted by molar-refractivity contribution is 5.89. The molecule has 0 unspecified atom stereocenters. The van der Waals surface area contributed by atoms with Crippen molar-refractivity contribution in [2.75, 3.05) is 13.2 Å². The number of phenols is 1. The van der Waals surface area contributed by atoms with Crippen LogP contribution in [0, 0.1) is 0 Å². The van der Waals surface area contributed by atoms with Gasteiger partial charge in [0.05, 0.1) is 12.2 Å². The highest BCUT2D eigenvalue weighted by Crippen LogP contribution is 2.34. The molecule has 0 radical (unpaired) electrons. The molecule has 8 atom stereocenters. The van der Waals surface area contributed by atoms with Crippen LogP contribution in [0.3, 0.4) is 0 Å². The van der Waals surface area contributed by atoms with Crippen LogP contribution in [0.25, 0.3) is 0 Å². The number of nitrogens with zero attached hydrogens (tertiary/aromatic N) is 1. The number of aromatic nitrogens is 2. The maximum Gasteiger partial charge on any atom is 0.338 e. The van der Waals surface area contributed by atoms with Crippen molar-refractivity contribution in [2.24, 2.45) is 0 Å². The number of aromatic amines is 1. The Kier molecular flexibility index (Phi) is 7.32. The lowest BCUT2D eigenvalue weighted by atomic mass is 10.1. The number of carbonyl (C=O) groups is 1. The van der Waals surface area contributed by atoms with Gasteiger partial charge in [0.1, 0.15) is 49.0 Å². The molecule has 2 fully saturated rings. The van der Waals surface area contributed by atoms with Gasteiger partial charge < -0.3 is 44.5 Å². The molecule has 4 rings (SSSR count). The highest BCUT2D eigenvalue weighted by Gasteiger charge is 2.51. The van der Waals surface area contributed by atoms with Gasteiger partial charge in [-0.1, -0.05) is 0 Å². The van der Waals surface area contributed by atoms with Crippen LogP contribution in [0.5, 0.6) is 5.75 Å². The Morgan fingerprint density at radius 1 is 1.00 bits per heavy atom. The molecular weight excluding hydrogens is 472 g/mol. The van der Waals surface area contributed by atoms with E-state index in [4.69, 9.17) is 18.9 Å². The highest BCUT2D eigenvalue weighted by atomic mass is 16.7. The van der Waals surface area contributed by atoms with Gasteiger partial charge in [0.25, 0.3) is 5.56 Å². The van der Waals surface area contributed by atoms with Crippen LogP contribution in [-0.2, 0) is 18.9 Å². The Hall–Kier alpha value is -3.11. The van der Waals surface area contributed by atoms with Gasteiger partial charge >= 0.3 is 11.7 Å². The van der Waals surface area contributed by atoms with Crippen molar-refractivity contribution in [3.8, 4) is 5.75 Å². The van der Waals surface area contributed by atoms with E-state index in [0.717, 1.165) is 16.8 Å². The number of carbonyl (C=O) groups excluding carboxylic acids is 1. The molecule has 2 aliphatic rings. The Morgan fingerprint density at radius 2 is 1.71 bits per heavy atom. The van der Waals surface area contributed by atoms with Crippen molar-refractivity contribution < 1.29 is 49.3 Å². The third kappa shape index (κ3) is 5.13. The Bertz CT molecular complexity index is 1150. The third-order valence-electron chi connectivity index (χ3n) is 5.71. The summed E-state index contributed by atoms with van der Waals surface area (Å²) in [4.78, 5) is 38.1. The molecule has 0 spiro atoms. The number of hydrogen-bond donors (Lipinski definition) is 6. The number of phenolic OH excluding ortho intramolecular Hbond substituents is 1. The fraction of sp³-hybridized carbons (Fsp3) is 0.476. The molecule has 2 aliphatic heterocycles. The van der Waals surface area contributed by atoms with Crippen molar-refractivity contribution in [1.29, 1.82) is 0 Å². The van der Waals surface area contributed by atoms with Gasteiger partial charge in [0.15, 0.2) is 12.5 Å². The smallest absolute Gasteiger partial charge is 0.338 e. The zero-order valence-electron chi connectivity index (χ0n) is 18.0. The number of aliphatic hydroxyl groups excluding tert-OH is 4. The van der Waals surface area contributed by atoms with Gasteiger partial charge in [-0.25, -0.2) is 9.59 Å². The monoisotopic (exact) mass is 496 g/mol. The number of benzene rings is 1. The van der Waals surface area contributed by atoms with E-state index < -0.39 is 79.6 Å². The maximum absolute atomic E-state index is 12.3. The van der Waals surface area contributed by atoms with Crippen LogP contribution in [0.2, 0.25) is 0 Å². The number of rotatable bonds is 7. The summed E-state index contributed by atoms with van der Waals surface area (Å²) in [5, 5.41) is 49.7. The first-order chi connectivity index (χ1) is 16.7. The molecule has 2 saturated heterocycles. The number of nitrogens with one attached hydrogen (secondary N) is 1. The molecule has 3 heterocycles. The van der Waals surface area contributed by atoms with Gasteiger partial charge in [-0.05, 0) is 24.3 Å². The van der Waals surface area contributed by atoms with E-state index >= 15 is 0 Å². The minimum absolute atomic E-state index is 0.0462. The topological polar surface area (TPSA) is 210 Å². The van der Waals surface area contributed by atoms with E-state index in [1.807, 2.05) is 4.98 Å². The van der Waals surface area contributed by atoms with Gasteiger partial charge in [-0.3, -0.25) is 14.3 Å². The first-order valence-corrected chi connectivity index (χ1v) is 10.6. The number of esters is 1. The molecule has 14 nitrogen and oxygen atoms in total. The average Bonchev–Trinajstić information content (AvgIpc) is 3.28. The molecule has 2 aromatic rings. The minimum atomic E-state index is -1.58. The number of aromatic hydroxyl groups is 1. The zero-order chi connectivity index (χ0) is 25.3. The van der Waals surface area contributed by atoms with E-state index in [2.05, 4.69) is 0 Å². The van der Waals surface area contributed by atoms with Gasteiger partial charge in [-0.15, -0.1) is 0 Å². The number of ether oxygens (including phenoxy) is 4. The molecule has 1 aromatic heterocycles. The lowest BCUT2D eigenvalue weighted by Gasteiger charge is -2.26. The second-order valence-electron chi connectivity index (χ2n) is 8.03. The Morgan fingerprint density at radius 3 is 2.34 bits per heavy atom. The maximum atomic E-state index is 12.3. The van der Waals surface area contributed by atoms with E-state index in [9.17, 15) is 39.9 Å². The summed E-state index contributed by atoms with van der Waals surface area (Å²) >= 11 is 0. The fourth-order valence-electron chi connectivity index (χ4n) is 3.83. The van der Waals surface area contributed by atoms with Crippen molar-refractivity contribution in [3.63, 3.8) is 0 Å². The number of H-pyrrole nitrogens is 1. The fourth-order valence-corrected chi connectivity index (χ4v) is 3.83. The van der Waals surface area contributed by atoms with Crippen LogP contribution < -0.4 is 11.2 Å². The summed E-state index contributed by atoms with van der Waals surface area (Å²) in [5.74, 6) is -0.818. The standard InChI is InChI=1S/C21H24N2O12/c24-7-11-14(27)16(29)20(34-11)35-17-15(28)12(8-32-19(30)9-1-3-10(25)4-2-9)33-18(17)23-6-5-13(26)22-21(23)31/h1-6,11-12,14-18,20,24-25,27-29H,7-8H2,(H,22,26,31)/t11-,12-,14-,15-,16-,17-,18-,20-/m1/s1. The lowest BCUT2D eigenvalue weighted by molar-refractivity contribution is -0.220. The largest absolute Gasteiger partial charge is 0.508 e. The second kappa shape index (κ2) is 10.2. The van der Waals surface area contributed by atoms with Crippen LogP contribution in [0.1, 0.15) is 16.6 Å². The summed E-state index contributed by atoms with van der Waals surface area (Å²) in [5.41, 5.74) is -1.43. The molecule has 6 N–H and O–H groups in total. The first-order valence-electron chi connectivity index (χ1n) is 10.6. The molecular formula is C21H24N2O12. The zero-order valence-corrected chi connectivity index (χ0v) is 18.0. The molecule has 0 amide bonds. The van der Waals surface area contributed by atoms with Crippen LogP contribution >= 0.6 is 0 Å². The summed E-state index contributed by atoms with van der Waals surface area (Å²) in [6.07, 6.45) is -10.1. The SMILES string of the molecule is O=C(OC[C@H]1O[C@@H](n2ccc(=O)[nH]c2=O)[C@H](O[C@H]2O[C@H](CO)[C@@H](O)[C@H]2O)[C@@H]1O)c1ccc(O)cc1. The third-order valence-corrected chi connectivity index (χ3v) is 5.71.